The first-order chi connectivity index (χ1) is 9.88. The third-order valence-electron chi connectivity index (χ3n) is 3.63. The highest BCUT2D eigenvalue weighted by atomic mass is 35.5. The van der Waals surface area contributed by atoms with E-state index >= 15 is 0 Å². The van der Waals surface area contributed by atoms with Gasteiger partial charge in [-0.15, -0.1) is 12.4 Å². The van der Waals surface area contributed by atoms with E-state index in [1.54, 1.807) is 11.6 Å². The van der Waals surface area contributed by atoms with Gasteiger partial charge in [-0.25, -0.2) is 0 Å². The Balaban J connectivity index is 0.00000220. The lowest BCUT2D eigenvalue weighted by molar-refractivity contribution is 0.363. The van der Waals surface area contributed by atoms with Crippen LogP contribution in [0.15, 0.2) is 48.6 Å². The largest absolute Gasteiger partial charge is 0.490 e. The molecule has 0 saturated heterocycles. The average Bonchev–Trinajstić information content (AvgIpc) is 2.52. The van der Waals surface area contributed by atoms with Crippen LogP contribution in [0.4, 0.5) is 0 Å². The minimum atomic E-state index is 0. The molecule has 1 N–H and O–H groups in total. The predicted molar refractivity (Wildman–Crippen MR) is 92.3 cm³/mol. The van der Waals surface area contributed by atoms with Crippen molar-refractivity contribution in [2.45, 2.75) is 38.6 Å². The maximum Gasteiger partial charge on any atom is 0.119 e. The molecule has 0 aliphatic heterocycles. The average molecular weight is 308 g/mol. The molecule has 0 atom stereocenters. The van der Waals surface area contributed by atoms with Gasteiger partial charge in [-0.05, 0) is 56.3 Å². The van der Waals surface area contributed by atoms with Gasteiger partial charge in [-0.3, -0.25) is 0 Å². The fourth-order valence-corrected chi connectivity index (χ4v) is 2.47. The molecule has 0 aromatic heterocycles. The number of rotatable bonds is 8. The summed E-state index contributed by atoms with van der Waals surface area (Å²) in [6.45, 7) is 6.20. The van der Waals surface area contributed by atoms with E-state index in [2.05, 4.69) is 30.1 Å². The minimum absolute atomic E-state index is 0. The number of ether oxygens (including phenoxy) is 1. The van der Waals surface area contributed by atoms with Gasteiger partial charge in [0.15, 0.2) is 0 Å². The molecule has 0 fully saturated rings. The number of benzene rings is 1. The third-order valence-corrected chi connectivity index (χ3v) is 3.63. The number of allylic oxidation sites excluding steroid dienone is 1. The predicted octanol–water partition coefficient (Wildman–Crippen LogP) is 4.65. The van der Waals surface area contributed by atoms with Crippen LogP contribution in [0.25, 0.3) is 0 Å². The standard InChI is InChI=1S/C18H25NO.ClH/c1-2-14-20-18-10-8-17(9-11-18)15-19-13-12-16-6-4-3-5-7-16;/h2,6,8-11,19H,1,3-5,7,12-15H2;1H. The molecule has 2 nitrogen and oxygen atoms in total. The van der Waals surface area contributed by atoms with E-state index in [0.717, 1.165) is 18.8 Å². The zero-order chi connectivity index (χ0) is 14.0. The van der Waals surface area contributed by atoms with E-state index < -0.39 is 0 Å². The Morgan fingerprint density at radius 3 is 2.67 bits per heavy atom. The molecule has 116 valence electrons. The molecule has 0 amide bonds. The summed E-state index contributed by atoms with van der Waals surface area (Å²) in [7, 11) is 0. The molecule has 0 spiro atoms. The van der Waals surface area contributed by atoms with Crippen LogP contribution in [-0.2, 0) is 6.54 Å². The summed E-state index contributed by atoms with van der Waals surface area (Å²) in [5, 5.41) is 3.51. The van der Waals surface area contributed by atoms with Gasteiger partial charge in [0.05, 0.1) is 0 Å². The van der Waals surface area contributed by atoms with Crippen molar-refractivity contribution in [3.63, 3.8) is 0 Å². The van der Waals surface area contributed by atoms with Gasteiger partial charge in [0, 0.05) is 6.54 Å². The van der Waals surface area contributed by atoms with Crippen LogP contribution in [0.1, 0.15) is 37.7 Å². The summed E-state index contributed by atoms with van der Waals surface area (Å²) < 4.78 is 5.47. The normalized spacial score (nSPS) is 14.0. The number of hydrogen-bond acceptors (Lipinski definition) is 2. The second kappa shape index (κ2) is 10.5. The molecular formula is C18H26ClNO. The van der Waals surface area contributed by atoms with E-state index in [1.807, 2.05) is 12.1 Å². The summed E-state index contributed by atoms with van der Waals surface area (Å²) in [6, 6.07) is 8.27. The zero-order valence-corrected chi connectivity index (χ0v) is 13.5. The van der Waals surface area contributed by atoms with Crippen LogP contribution < -0.4 is 10.1 Å². The third kappa shape index (κ3) is 6.83. The fourth-order valence-electron chi connectivity index (χ4n) is 2.47. The summed E-state index contributed by atoms with van der Waals surface area (Å²) >= 11 is 0. The number of halogens is 1. The van der Waals surface area contributed by atoms with Crippen LogP contribution in [0.5, 0.6) is 5.75 Å². The van der Waals surface area contributed by atoms with Crippen LogP contribution in [-0.4, -0.2) is 13.2 Å². The lowest BCUT2D eigenvalue weighted by Gasteiger charge is -2.13. The van der Waals surface area contributed by atoms with Gasteiger partial charge in [0.1, 0.15) is 12.4 Å². The summed E-state index contributed by atoms with van der Waals surface area (Å²) in [6.07, 6.45) is 10.7. The Morgan fingerprint density at radius 1 is 1.19 bits per heavy atom. The van der Waals surface area contributed by atoms with E-state index in [9.17, 15) is 0 Å². The van der Waals surface area contributed by atoms with Crippen molar-refractivity contribution in [2.75, 3.05) is 13.2 Å². The highest BCUT2D eigenvalue weighted by Gasteiger charge is 2.02. The Bertz CT molecular complexity index is 439. The van der Waals surface area contributed by atoms with E-state index in [1.165, 1.54) is 37.7 Å². The Morgan fingerprint density at radius 2 is 2.00 bits per heavy atom. The van der Waals surface area contributed by atoms with E-state index in [-0.39, 0.29) is 12.4 Å². The monoisotopic (exact) mass is 307 g/mol. The molecule has 0 saturated carbocycles. The van der Waals surface area contributed by atoms with Crippen molar-refractivity contribution >= 4 is 12.4 Å². The van der Waals surface area contributed by atoms with Gasteiger partial charge in [-0.1, -0.05) is 36.4 Å². The first-order valence-electron chi connectivity index (χ1n) is 7.60. The van der Waals surface area contributed by atoms with Crippen LogP contribution in [0.3, 0.4) is 0 Å². The second-order valence-electron chi connectivity index (χ2n) is 5.28. The van der Waals surface area contributed by atoms with E-state index in [0.29, 0.717) is 6.61 Å². The first-order valence-corrected chi connectivity index (χ1v) is 7.60. The smallest absolute Gasteiger partial charge is 0.119 e. The molecule has 2 rings (SSSR count). The van der Waals surface area contributed by atoms with Crippen molar-refractivity contribution in [2.24, 2.45) is 0 Å². The van der Waals surface area contributed by atoms with Crippen molar-refractivity contribution < 1.29 is 4.74 Å². The molecular weight excluding hydrogens is 282 g/mol. The molecule has 1 aliphatic rings. The Kier molecular flexibility index (Phi) is 8.88. The van der Waals surface area contributed by atoms with Gasteiger partial charge in [0.2, 0.25) is 0 Å². The van der Waals surface area contributed by atoms with Gasteiger partial charge < -0.3 is 10.1 Å². The molecule has 1 aliphatic carbocycles. The summed E-state index contributed by atoms with van der Waals surface area (Å²) in [5.74, 6) is 0.904. The van der Waals surface area contributed by atoms with Crippen molar-refractivity contribution in [1.29, 1.82) is 0 Å². The molecule has 3 heteroatoms. The molecule has 0 heterocycles. The maximum absolute atomic E-state index is 5.47. The summed E-state index contributed by atoms with van der Waals surface area (Å²) in [5.41, 5.74) is 2.94. The maximum atomic E-state index is 5.47. The lowest BCUT2D eigenvalue weighted by atomic mass is 9.97. The Labute approximate surface area is 134 Å². The highest BCUT2D eigenvalue weighted by Crippen LogP contribution is 2.19. The van der Waals surface area contributed by atoms with Crippen molar-refractivity contribution in [3.8, 4) is 5.75 Å². The number of hydrogen-bond donors (Lipinski definition) is 1. The van der Waals surface area contributed by atoms with Gasteiger partial charge in [-0.2, -0.15) is 0 Å². The molecule has 1 aromatic rings. The van der Waals surface area contributed by atoms with Crippen LogP contribution >= 0.6 is 12.4 Å². The topological polar surface area (TPSA) is 21.3 Å². The minimum Gasteiger partial charge on any atom is -0.490 e. The lowest BCUT2D eigenvalue weighted by Crippen LogP contribution is -2.15. The van der Waals surface area contributed by atoms with Crippen LogP contribution in [0.2, 0.25) is 0 Å². The highest BCUT2D eigenvalue weighted by molar-refractivity contribution is 5.85. The SMILES string of the molecule is C=CCOc1ccc(CNCCC2=CCCCC2)cc1.Cl. The van der Waals surface area contributed by atoms with E-state index in [4.69, 9.17) is 4.74 Å². The van der Waals surface area contributed by atoms with Crippen molar-refractivity contribution in [1.82, 2.24) is 5.32 Å². The first kappa shape index (κ1) is 17.8. The quantitative estimate of drug-likeness (QED) is 0.557. The Hall–Kier alpha value is -1.25. The second-order valence-corrected chi connectivity index (χ2v) is 5.28. The fraction of sp³-hybridized carbons (Fsp3) is 0.444. The van der Waals surface area contributed by atoms with Gasteiger partial charge >= 0.3 is 0 Å². The zero-order valence-electron chi connectivity index (χ0n) is 12.6. The van der Waals surface area contributed by atoms with Crippen molar-refractivity contribution in [3.05, 3.63) is 54.1 Å². The molecule has 0 radical (unpaired) electrons. The summed E-state index contributed by atoms with van der Waals surface area (Å²) in [4.78, 5) is 0. The van der Waals surface area contributed by atoms with Crippen LogP contribution in [0, 0.1) is 0 Å². The molecule has 0 bridgehead atoms. The molecule has 1 aromatic carbocycles. The molecule has 0 unspecified atom stereocenters. The number of nitrogens with one attached hydrogen (secondary N) is 1. The van der Waals surface area contributed by atoms with Gasteiger partial charge in [0.25, 0.3) is 0 Å². The molecule has 21 heavy (non-hydrogen) atoms.